The van der Waals surface area contributed by atoms with Crippen LogP contribution in [-0.2, 0) is 22.1 Å². The van der Waals surface area contributed by atoms with Crippen LogP contribution < -0.4 is 11.1 Å². The number of nitrogens with one attached hydrogen (secondary N) is 1. The fraction of sp³-hybridized carbons (Fsp3) is 0.667. The second kappa shape index (κ2) is 5.26. The molecule has 1 saturated heterocycles. The molecule has 3 N–H and O–H groups in total. The van der Waals surface area contributed by atoms with Crippen LogP contribution in [0.1, 0.15) is 12.8 Å². The molecule has 0 unspecified atom stereocenters. The van der Waals surface area contributed by atoms with E-state index < -0.39 is 10.8 Å². The first kappa shape index (κ1) is 12.0. The largest absolute Gasteiger partial charge is 0.367 e. The highest BCUT2D eigenvalue weighted by Crippen LogP contribution is 2.08. The number of hydrogen-bond donors (Lipinski definition) is 2. The Bertz CT molecular complexity index is 423. The minimum absolute atomic E-state index is 0.115. The highest BCUT2D eigenvalue weighted by atomic mass is 32.2. The third-order valence-electron chi connectivity index (χ3n) is 2.61. The van der Waals surface area contributed by atoms with Gasteiger partial charge in [0, 0.05) is 28.3 Å². The van der Waals surface area contributed by atoms with Crippen molar-refractivity contribution in [3.8, 4) is 0 Å². The molecule has 1 fully saturated rings. The fourth-order valence-electron chi connectivity index (χ4n) is 1.74. The number of carbonyl (C=O) groups excluding carboxylic acids is 1. The van der Waals surface area contributed by atoms with Gasteiger partial charge >= 0.3 is 0 Å². The summed E-state index contributed by atoms with van der Waals surface area (Å²) in [6.45, 7) is 0.115. The van der Waals surface area contributed by atoms with Gasteiger partial charge in [0.1, 0.15) is 12.9 Å². The molecule has 1 aliphatic rings. The van der Waals surface area contributed by atoms with Crippen molar-refractivity contribution in [1.29, 1.82) is 0 Å². The molecule has 7 nitrogen and oxygen atoms in total. The van der Waals surface area contributed by atoms with Gasteiger partial charge in [-0.05, 0) is 12.8 Å². The summed E-state index contributed by atoms with van der Waals surface area (Å²) >= 11 is 0. The van der Waals surface area contributed by atoms with Gasteiger partial charge in [0.15, 0.2) is 0 Å². The summed E-state index contributed by atoms with van der Waals surface area (Å²) in [7, 11) is -0.706. The standard InChI is InChI=1S/C9H15N5O2S/c10-9-11-6-14(13-9)5-8(15)12-7-1-3-17(16)4-2-7/h6-7H,1-5H2,(H2,10,13)(H,12,15). The number of anilines is 1. The van der Waals surface area contributed by atoms with E-state index in [1.807, 2.05) is 0 Å². The van der Waals surface area contributed by atoms with E-state index in [-0.39, 0.29) is 24.4 Å². The molecule has 17 heavy (non-hydrogen) atoms. The Morgan fingerprint density at radius 2 is 2.29 bits per heavy atom. The van der Waals surface area contributed by atoms with Crippen LogP contribution >= 0.6 is 0 Å². The maximum Gasteiger partial charge on any atom is 0.242 e. The van der Waals surface area contributed by atoms with E-state index in [4.69, 9.17) is 5.73 Å². The molecular formula is C9H15N5O2S. The molecule has 0 bridgehead atoms. The minimum Gasteiger partial charge on any atom is -0.367 e. The lowest BCUT2D eigenvalue weighted by atomic mass is 10.1. The second-order valence-corrected chi connectivity index (χ2v) is 5.69. The molecule has 1 amide bonds. The van der Waals surface area contributed by atoms with E-state index in [2.05, 4.69) is 15.4 Å². The Hall–Kier alpha value is -1.44. The van der Waals surface area contributed by atoms with Crippen molar-refractivity contribution in [2.45, 2.75) is 25.4 Å². The van der Waals surface area contributed by atoms with E-state index in [1.165, 1.54) is 11.0 Å². The molecule has 2 rings (SSSR count). The quantitative estimate of drug-likeness (QED) is 0.714. The first-order valence-corrected chi connectivity index (χ1v) is 6.91. The zero-order chi connectivity index (χ0) is 12.3. The van der Waals surface area contributed by atoms with Crippen LogP contribution in [0.25, 0.3) is 0 Å². The lowest BCUT2D eigenvalue weighted by Gasteiger charge is -2.22. The number of rotatable bonds is 3. The third-order valence-corrected chi connectivity index (χ3v) is 3.99. The van der Waals surface area contributed by atoms with E-state index in [0.717, 1.165) is 12.8 Å². The van der Waals surface area contributed by atoms with Crippen LogP contribution in [0.4, 0.5) is 5.95 Å². The summed E-state index contributed by atoms with van der Waals surface area (Å²) in [4.78, 5) is 15.4. The Morgan fingerprint density at radius 3 is 2.88 bits per heavy atom. The van der Waals surface area contributed by atoms with Gasteiger partial charge in [-0.1, -0.05) is 0 Å². The zero-order valence-electron chi connectivity index (χ0n) is 9.33. The molecule has 2 heterocycles. The van der Waals surface area contributed by atoms with Crippen molar-refractivity contribution >= 4 is 22.7 Å². The molecule has 0 aromatic carbocycles. The first-order valence-electron chi connectivity index (χ1n) is 5.43. The first-order chi connectivity index (χ1) is 8.13. The van der Waals surface area contributed by atoms with E-state index in [0.29, 0.717) is 11.5 Å². The topological polar surface area (TPSA) is 103 Å². The van der Waals surface area contributed by atoms with Crippen LogP contribution in [0.15, 0.2) is 6.33 Å². The van der Waals surface area contributed by atoms with Gasteiger partial charge < -0.3 is 11.1 Å². The fourth-order valence-corrected chi connectivity index (χ4v) is 3.04. The van der Waals surface area contributed by atoms with Gasteiger partial charge in [0.05, 0.1) is 0 Å². The van der Waals surface area contributed by atoms with Gasteiger partial charge in [0.25, 0.3) is 0 Å². The Labute approximate surface area is 101 Å². The Morgan fingerprint density at radius 1 is 1.59 bits per heavy atom. The summed E-state index contributed by atoms with van der Waals surface area (Å²) in [5.74, 6) is 1.38. The minimum atomic E-state index is -0.706. The number of nitrogen functional groups attached to an aromatic ring is 1. The SMILES string of the molecule is Nc1ncn(CC(=O)NC2CCS(=O)CC2)n1. The lowest BCUT2D eigenvalue weighted by molar-refractivity contribution is -0.122. The molecule has 0 aliphatic carbocycles. The molecule has 1 aliphatic heterocycles. The normalized spacial score (nSPS) is 24.5. The predicted molar refractivity (Wildman–Crippen MR) is 63.5 cm³/mol. The molecule has 1 aromatic rings. The van der Waals surface area contributed by atoms with Crippen molar-refractivity contribution in [1.82, 2.24) is 20.1 Å². The highest BCUT2D eigenvalue weighted by molar-refractivity contribution is 7.85. The number of nitrogens with two attached hydrogens (primary N) is 1. The number of carbonyl (C=O) groups is 1. The number of nitrogens with zero attached hydrogens (tertiary/aromatic N) is 3. The summed E-state index contributed by atoms with van der Waals surface area (Å²) in [6, 6.07) is 0.126. The number of aromatic nitrogens is 3. The summed E-state index contributed by atoms with van der Waals surface area (Å²) in [6.07, 6.45) is 2.97. The van der Waals surface area contributed by atoms with Crippen molar-refractivity contribution < 1.29 is 9.00 Å². The molecule has 0 saturated carbocycles. The molecule has 0 radical (unpaired) electrons. The lowest BCUT2D eigenvalue weighted by Crippen LogP contribution is -2.41. The van der Waals surface area contributed by atoms with Crippen molar-refractivity contribution in [3.05, 3.63) is 6.33 Å². The molecule has 1 aromatic heterocycles. The number of hydrogen-bond acceptors (Lipinski definition) is 5. The Balaban J connectivity index is 1.79. The van der Waals surface area contributed by atoms with Crippen LogP contribution in [0.5, 0.6) is 0 Å². The van der Waals surface area contributed by atoms with E-state index >= 15 is 0 Å². The Kier molecular flexibility index (Phi) is 3.72. The van der Waals surface area contributed by atoms with Crippen LogP contribution in [0.3, 0.4) is 0 Å². The molecular weight excluding hydrogens is 242 g/mol. The second-order valence-electron chi connectivity index (χ2n) is 3.99. The summed E-state index contributed by atoms with van der Waals surface area (Å²) in [5, 5.41) is 6.72. The molecule has 0 atom stereocenters. The van der Waals surface area contributed by atoms with Gasteiger partial charge in [-0.2, -0.15) is 0 Å². The van der Waals surface area contributed by atoms with Gasteiger partial charge in [-0.3, -0.25) is 9.00 Å². The average Bonchev–Trinajstić information content (AvgIpc) is 2.67. The van der Waals surface area contributed by atoms with Crippen LogP contribution in [-0.4, -0.2) is 42.4 Å². The third kappa shape index (κ3) is 3.52. The maximum atomic E-state index is 11.7. The van der Waals surface area contributed by atoms with Crippen LogP contribution in [0.2, 0.25) is 0 Å². The molecule has 94 valence electrons. The monoisotopic (exact) mass is 257 g/mol. The summed E-state index contributed by atoms with van der Waals surface area (Å²) in [5.41, 5.74) is 5.35. The smallest absolute Gasteiger partial charge is 0.242 e. The van der Waals surface area contributed by atoms with E-state index in [9.17, 15) is 9.00 Å². The predicted octanol–water partition coefficient (Wildman–Crippen LogP) is -1.11. The van der Waals surface area contributed by atoms with Crippen molar-refractivity contribution in [2.24, 2.45) is 0 Å². The van der Waals surface area contributed by atoms with Gasteiger partial charge in [-0.25, -0.2) is 9.67 Å². The zero-order valence-corrected chi connectivity index (χ0v) is 10.2. The van der Waals surface area contributed by atoms with Gasteiger partial charge in [0.2, 0.25) is 11.9 Å². The number of amides is 1. The highest BCUT2D eigenvalue weighted by Gasteiger charge is 2.19. The van der Waals surface area contributed by atoms with Crippen molar-refractivity contribution in [3.63, 3.8) is 0 Å². The molecule has 0 spiro atoms. The maximum absolute atomic E-state index is 11.7. The molecule has 8 heteroatoms. The van der Waals surface area contributed by atoms with Crippen molar-refractivity contribution in [2.75, 3.05) is 17.2 Å². The average molecular weight is 257 g/mol. The summed E-state index contributed by atoms with van der Waals surface area (Å²) < 4.78 is 12.5. The van der Waals surface area contributed by atoms with Crippen LogP contribution in [0, 0.1) is 0 Å². The van der Waals surface area contributed by atoms with E-state index in [1.54, 1.807) is 0 Å². The van der Waals surface area contributed by atoms with Gasteiger partial charge in [-0.15, -0.1) is 5.10 Å².